The molecule has 0 radical (unpaired) electrons. The lowest BCUT2D eigenvalue weighted by atomic mass is 9.99. The fraction of sp³-hybridized carbons (Fsp3) is 0.350. The zero-order chi connectivity index (χ0) is 19.6. The third kappa shape index (κ3) is 3.45. The molecule has 1 aliphatic rings. The number of carbonyl (C=O) groups excluding carboxylic acids is 1. The van der Waals surface area contributed by atoms with Gasteiger partial charge < -0.3 is 29.0 Å². The summed E-state index contributed by atoms with van der Waals surface area (Å²) in [7, 11) is 6.13. The Labute approximate surface area is 158 Å². The molecule has 0 unspecified atom stereocenters. The van der Waals surface area contributed by atoms with E-state index in [1.807, 2.05) is 12.1 Å². The predicted molar refractivity (Wildman–Crippen MR) is 100 cm³/mol. The largest absolute Gasteiger partial charge is 0.504 e. The van der Waals surface area contributed by atoms with Gasteiger partial charge in [0.15, 0.2) is 23.0 Å². The smallest absolute Gasteiger partial charge is 0.227 e. The Bertz CT molecular complexity index is 839. The van der Waals surface area contributed by atoms with E-state index < -0.39 is 0 Å². The Morgan fingerprint density at radius 1 is 0.889 bits per heavy atom. The summed E-state index contributed by atoms with van der Waals surface area (Å²) >= 11 is 0. The summed E-state index contributed by atoms with van der Waals surface area (Å²) in [6, 6.07) is 6.99. The van der Waals surface area contributed by atoms with Gasteiger partial charge in [0.2, 0.25) is 11.7 Å². The number of nitrogens with zero attached hydrogens (tertiary/aromatic N) is 1. The number of ether oxygens (including phenoxy) is 4. The van der Waals surface area contributed by atoms with E-state index in [0.717, 1.165) is 16.8 Å². The molecule has 2 aromatic carbocycles. The molecule has 1 amide bonds. The van der Waals surface area contributed by atoms with Gasteiger partial charge in [-0.25, -0.2) is 0 Å². The maximum Gasteiger partial charge on any atom is 0.227 e. The van der Waals surface area contributed by atoms with Crippen LogP contribution in [0, 0.1) is 0 Å². The highest BCUT2D eigenvalue weighted by atomic mass is 16.5. The molecule has 0 fully saturated rings. The van der Waals surface area contributed by atoms with Crippen molar-refractivity contribution in [2.75, 3.05) is 33.3 Å². The highest BCUT2D eigenvalue weighted by Crippen LogP contribution is 2.41. The van der Waals surface area contributed by atoms with Gasteiger partial charge in [0, 0.05) is 12.5 Å². The molecule has 7 nitrogen and oxygen atoms in total. The summed E-state index contributed by atoms with van der Waals surface area (Å²) in [4.78, 5) is 14.3. The molecule has 0 saturated heterocycles. The quantitative estimate of drug-likeness (QED) is 0.839. The first kappa shape index (κ1) is 18.7. The van der Waals surface area contributed by atoms with E-state index in [0.29, 0.717) is 42.4 Å². The van der Waals surface area contributed by atoms with Crippen molar-refractivity contribution in [3.8, 4) is 28.7 Å². The molecule has 0 aromatic heterocycles. The molecule has 7 heteroatoms. The molecular formula is C20H23NO6. The molecule has 0 spiro atoms. The molecule has 0 aliphatic carbocycles. The number of hydrogen-bond donors (Lipinski definition) is 1. The fourth-order valence-electron chi connectivity index (χ4n) is 3.31. The molecule has 0 saturated carbocycles. The van der Waals surface area contributed by atoms with Crippen LogP contribution in [0.25, 0.3) is 0 Å². The number of rotatable bonds is 6. The van der Waals surface area contributed by atoms with Crippen LogP contribution >= 0.6 is 0 Å². The van der Waals surface area contributed by atoms with E-state index in [1.165, 1.54) is 7.11 Å². The monoisotopic (exact) mass is 373 g/mol. The number of aryl methyl sites for hydroxylation is 1. The van der Waals surface area contributed by atoms with Crippen LogP contribution in [0.5, 0.6) is 28.7 Å². The SMILES string of the molecule is COc1cc2c(cc1O)CCC(=O)N2Cc1cc(OC)c(OC)c(OC)c1. The molecule has 0 atom stereocenters. The number of anilines is 1. The standard InChI is InChI=1S/C20H23NO6/c1-24-16-10-14-13(9-15(16)22)5-6-19(23)21(14)11-12-7-17(25-2)20(27-4)18(8-12)26-3/h7-10,22H,5-6,11H2,1-4H3. The van der Waals surface area contributed by atoms with Crippen LogP contribution in [0.3, 0.4) is 0 Å². The van der Waals surface area contributed by atoms with E-state index >= 15 is 0 Å². The second-order valence-corrected chi connectivity index (χ2v) is 6.17. The minimum Gasteiger partial charge on any atom is -0.504 e. The van der Waals surface area contributed by atoms with E-state index in [1.54, 1.807) is 38.4 Å². The second kappa shape index (κ2) is 7.65. The normalized spacial score (nSPS) is 13.2. The van der Waals surface area contributed by atoms with Crippen LogP contribution in [0.2, 0.25) is 0 Å². The molecule has 0 bridgehead atoms. The third-order valence-electron chi connectivity index (χ3n) is 4.65. The highest BCUT2D eigenvalue weighted by Gasteiger charge is 2.27. The van der Waals surface area contributed by atoms with Gasteiger partial charge in [0.25, 0.3) is 0 Å². The molecule has 1 N–H and O–H groups in total. The number of fused-ring (bicyclic) bond motifs is 1. The van der Waals surface area contributed by atoms with Gasteiger partial charge >= 0.3 is 0 Å². The second-order valence-electron chi connectivity index (χ2n) is 6.17. The van der Waals surface area contributed by atoms with Crippen molar-refractivity contribution in [3.63, 3.8) is 0 Å². The van der Waals surface area contributed by atoms with Crippen LogP contribution in [0.15, 0.2) is 24.3 Å². The summed E-state index contributed by atoms with van der Waals surface area (Å²) in [5.74, 6) is 1.96. The summed E-state index contributed by atoms with van der Waals surface area (Å²) in [6.45, 7) is 0.330. The van der Waals surface area contributed by atoms with Gasteiger partial charge in [-0.3, -0.25) is 4.79 Å². The molecule has 1 heterocycles. The lowest BCUT2D eigenvalue weighted by molar-refractivity contribution is -0.119. The van der Waals surface area contributed by atoms with Gasteiger partial charge in [-0.2, -0.15) is 0 Å². The van der Waals surface area contributed by atoms with Crippen LogP contribution in [-0.2, 0) is 17.8 Å². The van der Waals surface area contributed by atoms with Crippen molar-refractivity contribution < 1.29 is 28.8 Å². The van der Waals surface area contributed by atoms with Gasteiger partial charge in [-0.15, -0.1) is 0 Å². The third-order valence-corrected chi connectivity index (χ3v) is 4.65. The van der Waals surface area contributed by atoms with Crippen LogP contribution < -0.4 is 23.8 Å². The number of hydrogen-bond acceptors (Lipinski definition) is 6. The summed E-state index contributed by atoms with van der Waals surface area (Å²) in [5, 5.41) is 10.0. The average molecular weight is 373 g/mol. The lowest BCUT2D eigenvalue weighted by Crippen LogP contribution is -2.34. The number of benzene rings is 2. The van der Waals surface area contributed by atoms with Crippen LogP contribution in [0.1, 0.15) is 17.5 Å². The maximum atomic E-state index is 12.6. The van der Waals surface area contributed by atoms with Crippen molar-refractivity contribution in [2.45, 2.75) is 19.4 Å². The first-order valence-corrected chi connectivity index (χ1v) is 8.51. The van der Waals surface area contributed by atoms with Crippen molar-refractivity contribution in [1.82, 2.24) is 0 Å². The van der Waals surface area contributed by atoms with Crippen LogP contribution in [-0.4, -0.2) is 39.5 Å². The lowest BCUT2D eigenvalue weighted by Gasteiger charge is -2.30. The Balaban J connectivity index is 2.02. The van der Waals surface area contributed by atoms with E-state index in [9.17, 15) is 9.90 Å². The van der Waals surface area contributed by atoms with Crippen molar-refractivity contribution in [2.24, 2.45) is 0 Å². The zero-order valence-electron chi connectivity index (χ0n) is 15.9. The molecular weight excluding hydrogens is 350 g/mol. The van der Waals surface area contributed by atoms with Crippen molar-refractivity contribution in [3.05, 3.63) is 35.4 Å². The Kier molecular flexibility index (Phi) is 5.30. The number of aromatic hydroxyl groups is 1. The molecule has 1 aliphatic heterocycles. The zero-order valence-corrected chi connectivity index (χ0v) is 15.9. The number of methoxy groups -OCH3 is 4. The first-order chi connectivity index (χ1) is 13.0. The molecule has 27 heavy (non-hydrogen) atoms. The molecule has 3 rings (SSSR count). The number of phenolic OH excluding ortho intramolecular Hbond substituents is 1. The van der Waals surface area contributed by atoms with Gasteiger partial charge in [-0.05, 0) is 35.7 Å². The molecule has 2 aromatic rings. The first-order valence-electron chi connectivity index (χ1n) is 8.51. The Hall–Kier alpha value is -3.09. The van der Waals surface area contributed by atoms with Crippen molar-refractivity contribution in [1.29, 1.82) is 0 Å². The van der Waals surface area contributed by atoms with E-state index in [4.69, 9.17) is 18.9 Å². The Morgan fingerprint density at radius 2 is 1.52 bits per heavy atom. The van der Waals surface area contributed by atoms with E-state index in [-0.39, 0.29) is 11.7 Å². The summed E-state index contributed by atoms with van der Waals surface area (Å²) in [6.07, 6.45) is 0.959. The number of carbonyl (C=O) groups is 1. The average Bonchev–Trinajstić information content (AvgIpc) is 2.68. The minimum absolute atomic E-state index is 0.00370. The van der Waals surface area contributed by atoms with E-state index in [2.05, 4.69) is 0 Å². The van der Waals surface area contributed by atoms with Gasteiger partial charge in [-0.1, -0.05) is 0 Å². The van der Waals surface area contributed by atoms with Gasteiger partial charge in [0.05, 0.1) is 40.7 Å². The fourth-order valence-corrected chi connectivity index (χ4v) is 3.31. The van der Waals surface area contributed by atoms with Gasteiger partial charge in [0.1, 0.15) is 0 Å². The maximum absolute atomic E-state index is 12.6. The number of phenols is 1. The summed E-state index contributed by atoms with van der Waals surface area (Å²) < 4.78 is 21.3. The van der Waals surface area contributed by atoms with Crippen LogP contribution in [0.4, 0.5) is 5.69 Å². The predicted octanol–water partition coefficient (Wildman–Crippen LogP) is 2.91. The molecule has 144 valence electrons. The number of amides is 1. The minimum atomic E-state index is 0.00370. The Morgan fingerprint density at radius 3 is 2.07 bits per heavy atom. The van der Waals surface area contributed by atoms with Crippen molar-refractivity contribution >= 4 is 11.6 Å². The summed E-state index contributed by atoms with van der Waals surface area (Å²) in [5.41, 5.74) is 2.47. The highest BCUT2D eigenvalue weighted by molar-refractivity contribution is 5.96. The topological polar surface area (TPSA) is 77.5 Å².